The number of aliphatic carboxylic acids is 1. The van der Waals surface area contributed by atoms with E-state index in [9.17, 15) is 14.7 Å². The topological polar surface area (TPSA) is 86.6 Å². The van der Waals surface area contributed by atoms with E-state index >= 15 is 0 Å². The number of carboxylic acids is 1. The first-order valence-electron chi connectivity index (χ1n) is 6.59. The zero-order valence-electron chi connectivity index (χ0n) is 12.3. The summed E-state index contributed by atoms with van der Waals surface area (Å²) in [4.78, 5) is 23.1. The van der Waals surface area contributed by atoms with Gasteiger partial charge >= 0.3 is 5.97 Å². The highest BCUT2D eigenvalue weighted by atomic mass is 127. The number of phenolic OH excluding ortho intramolecular Hbond substituents is 1. The molecule has 1 unspecified atom stereocenters. The first kappa shape index (κ1) is 17.7. The standard InChI is InChI=1S/C15H20INO4/c1-15(2,3)8-10(7-13(19)20)17-14(21)9-4-5-11(16)12(18)6-9/h4-6,10,18H,7-8H2,1-3H3,(H,17,21)(H,19,20). The van der Waals surface area contributed by atoms with Gasteiger partial charge in [0.05, 0.1) is 9.99 Å². The summed E-state index contributed by atoms with van der Waals surface area (Å²) in [6.45, 7) is 5.97. The summed E-state index contributed by atoms with van der Waals surface area (Å²) in [7, 11) is 0. The quantitative estimate of drug-likeness (QED) is 0.658. The number of benzene rings is 1. The summed E-state index contributed by atoms with van der Waals surface area (Å²) in [5.41, 5.74) is 0.221. The third-order valence-electron chi connectivity index (χ3n) is 2.82. The number of aromatic hydroxyl groups is 1. The Bertz CT molecular complexity index is 537. The third kappa shape index (κ3) is 6.33. The van der Waals surface area contributed by atoms with Gasteiger partial charge in [0, 0.05) is 11.6 Å². The number of hydrogen-bond acceptors (Lipinski definition) is 3. The van der Waals surface area contributed by atoms with Crippen LogP contribution in [0.3, 0.4) is 0 Å². The molecular formula is C15H20INO4. The number of phenols is 1. The molecule has 0 aromatic heterocycles. The van der Waals surface area contributed by atoms with Crippen LogP contribution < -0.4 is 5.32 Å². The second-order valence-corrected chi connectivity index (χ2v) is 7.36. The second-order valence-electron chi connectivity index (χ2n) is 6.20. The van der Waals surface area contributed by atoms with E-state index < -0.39 is 12.0 Å². The molecule has 0 saturated heterocycles. The van der Waals surface area contributed by atoms with Crippen LogP contribution in [0, 0.1) is 8.99 Å². The summed E-state index contributed by atoms with van der Waals surface area (Å²) >= 11 is 1.96. The molecule has 21 heavy (non-hydrogen) atoms. The number of carboxylic acid groups (broad SMARTS) is 1. The van der Waals surface area contributed by atoms with Gasteiger partial charge < -0.3 is 15.5 Å². The smallest absolute Gasteiger partial charge is 0.305 e. The van der Waals surface area contributed by atoms with Gasteiger partial charge in [-0.1, -0.05) is 20.8 Å². The van der Waals surface area contributed by atoms with Crippen molar-refractivity contribution in [3.8, 4) is 5.75 Å². The first-order chi connectivity index (χ1) is 9.58. The SMILES string of the molecule is CC(C)(C)CC(CC(=O)O)NC(=O)c1ccc(I)c(O)c1. The van der Waals surface area contributed by atoms with E-state index in [1.807, 2.05) is 43.4 Å². The Kier molecular flexibility index (Phi) is 6.00. The van der Waals surface area contributed by atoms with Crippen molar-refractivity contribution in [3.05, 3.63) is 27.3 Å². The maximum absolute atomic E-state index is 12.2. The summed E-state index contributed by atoms with van der Waals surface area (Å²) in [5, 5.41) is 21.3. The van der Waals surface area contributed by atoms with Gasteiger partial charge in [-0.3, -0.25) is 9.59 Å². The van der Waals surface area contributed by atoms with Crippen LogP contribution in [0.15, 0.2) is 18.2 Å². The van der Waals surface area contributed by atoms with E-state index in [4.69, 9.17) is 5.11 Å². The lowest BCUT2D eigenvalue weighted by atomic mass is 9.87. The molecule has 1 aromatic carbocycles. The molecule has 1 rings (SSSR count). The fourth-order valence-electron chi connectivity index (χ4n) is 2.05. The normalized spacial score (nSPS) is 12.8. The van der Waals surface area contributed by atoms with Gasteiger partial charge in [-0.15, -0.1) is 0 Å². The van der Waals surface area contributed by atoms with Gasteiger partial charge in [-0.2, -0.15) is 0 Å². The van der Waals surface area contributed by atoms with Crippen LogP contribution in [-0.4, -0.2) is 28.1 Å². The van der Waals surface area contributed by atoms with Gasteiger partial charge in [0.2, 0.25) is 0 Å². The molecule has 1 atom stereocenters. The molecule has 0 saturated carbocycles. The molecule has 0 radical (unpaired) electrons. The molecule has 0 aliphatic rings. The minimum absolute atomic E-state index is 0.0360. The number of amides is 1. The molecular weight excluding hydrogens is 385 g/mol. The van der Waals surface area contributed by atoms with Crippen molar-refractivity contribution in [1.82, 2.24) is 5.32 Å². The van der Waals surface area contributed by atoms with E-state index in [0.717, 1.165) is 0 Å². The van der Waals surface area contributed by atoms with E-state index in [1.165, 1.54) is 6.07 Å². The largest absolute Gasteiger partial charge is 0.507 e. The van der Waals surface area contributed by atoms with Gasteiger partial charge in [0.15, 0.2) is 0 Å². The zero-order valence-corrected chi connectivity index (χ0v) is 14.5. The molecule has 0 bridgehead atoms. The van der Waals surface area contributed by atoms with Crippen molar-refractivity contribution < 1.29 is 19.8 Å². The lowest BCUT2D eigenvalue weighted by Gasteiger charge is -2.25. The van der Waals surface area contributed by atoms with E-state index in [1.54, 1.807) is 12.1 Å². The Labute approximate surface area is 137 Å². The molecule has 0 spiro atoms. The van der Waals surface area contributed by atoms with Crippen molar-refractivity contribution in [2.75, 3.05) is 0 Å². The van der Waals surface area contributed by atoms with E-state index in [-0.39, 0.29) is 23.5 Å². The molecule has 0 aliphatic carbocycles. The fourth-order valence-corrected chi connectivity index (χ4v) is 2.38. The Balaban J connectivity index is 2.83. The predicted molar refractivity (Wildman–Crippen MR) is 88.4 cm³/mol. The molecule has 116 valence electrons. The van der Waals surface area contributed by atoms with Crippen molar-refractivity contribution >= 4 is 34.5 Å². The number of hydrogen-bond donors (Lipinski definition) is 3. The Morgan fingerprint density at radius 3 is 2.43 bits per heavy atom. The molecule has 0 heterocycles. The number of nitrogens with one attached hydrogen (secondary N) is 1. The minimum atomic E-state index is -0.949. The lowest BCUT2D eigenvalue weighted by Crippen LogP contribution is -2.39. The van der Waals surface area contributed by atoms with E-state index in [0.29, 0.717) is 15.6 Å². The van der Waals surface area contributed by atoms with Crippen molar-refractivity contribution in [2.24, 2.45) is 5.41 Å². The van der Waals surface area contributed by atoms with Crippen LogP contribution in [0.1, 0.15) is 44.0 Å². The zero-order chi connectivity index (χ0) is 16.2. The monoisotopic (exact) mass is 405 g/mol. The van der Waals surface area contributed by atoms with Crippen LogP contribution >= 0.6 is 22.6 Å². The van der Waals surface area contributed by atoms with Gasteiger partial charge in [-0.05, 0) is 52.6 Å². The second kappa shape index (κ2) is 7.11. The average Bonchev–Trinajstić information content (AvgIpc) is 2.29. The van der Waals surface area contributed by atoms with Crippen LogP contribution in [0.5, 0.6) is 5.75 Å². The molecule has 0 fully saturated rings. The van der Waals surface area contributed by atoms with Gasteiger partial charge in [0.1, 0.15) is 5.75 Å². The summed E-state index contributed by atoms with van der Waals surface area (Å²) in [6.07, 6.45) is 0.431. The number of carbonyl (C=O) groups is 2. The van der Waals surface area contributed by atoms with Crippen molar-refractivity contribution in [2.45, 2.75) is 39.7 Å². The predicted octanol–water partition coefficient (Wildman–Crippen LogP) is 3.01. The number of halogens is 1. The maximum atomic E-state index is 12.2. The Morgan fingerprint density at radius 2 is 1.95 bits per heavy atom. The average molecular weight is 405 g/mol. The molecule has 1 aromatic rings. The maximum Gasteiger partial charge on any atom is 0.305 e. The third-order valence-corrected chi connectivity index (χ3v) is 3.74. The van der Waals surface area contributed by atoms with Crippen LogP contribution in [0.25, 0.3) is 0 Å². The number of rotatable bonds is 5. The van der Waals surface area contributed by atoms with Crippen molar-refractivity contribution in [3.63, 3.8) is 0 Å². The lowest BCUT2D eigenvalue weighted by molar-refractivity contribution is -0.137. The molecule has 1 amide bonds. The van der Waals surface area contributed by atoms with Crippen LogP contribution in [0.4, 0.5) is 0 Å². The highest BCUT2D eigenvalue weighted by molar-refractivity contribution is 14.1. The van der Waals surface area contributed by atoms with Gasteiger partial charge in [-0.25, -0.2) is 0 Å². The summed E-state index contributed by atoms with van der Waals surface area (Å²) < 4.78 is 0.654. The highest BCUT2D eigenvalue weighted by Crippen LogP contribution is 2.23. The first-order valence-corrected chi connectivity index (χ1v) is 7.67. The Hall–Kier alpha value is -1.31. The Morgan fingerprint density at radius 1 is 1.33 bits per heavy atom. The number of carbonyl (C=O) groups excluding carboxylic acids is 1. The minimum Gasteiger partial charge on any atom is -0.507 e. The van der Waals surface area contributed by atoms with Gasteiger partial charge in [0.25, 0.3) is 5.91 Å². The van der Waals surface area contributed by atoms with E-state index in [2.05, 4.69) is 5.32 Å². The highest BCUT2D eigenvalue weighted by Gasteiger charge is 2.23. The molecule has 5 nitrogen and oxygen atoms in total. The van der Waals surface area contributed by atoms with Crippen molar-refractivity contribution in [1.29, 1.82) is 0 Å². The van der Waals surface area contributed by atoms with Crippen LogP contribution in [0.2, 0.25) is 0 Å². The summed E-state index contributed by atoms with van der Waals surface area (Å²) in [5.74, 6) is -1.29. The fraction of sp³-hybridized carbons (Fsp3) is 0.467. The molecule has 6 heteroatoms. The molecule has 0 aliphatic heterocycles. The van der Waals surface area contributed by atoms with Crippen LogP contribution in [-0.2, 0) is 4.79 Å². The molecule has 3 N–H and O–H groups in total. The summed E-state index contributed by atoms with van der Waals surface area (Å²) in [6, 6.07) is 4.18.